The molecule has 3 amide bonds. The lowest BCUT2D eigenvalue weighted by Crippen LogP contribution is -2.37. The van der Waals surface area contributed by atoms with Crippen molar-refractivity contribution in [3.63, 3.8) is 0 Å². The van der Waals surface area contributed by atoms with E-state index in [-0.39, 0.29) is 18.2 Å². The van der Waals surface area contributed by atoms with Crippen molar-refractivity contribution in [2.45, 2.75) is 39.2 Å². The van der Waals surface area contributed by atoms with Gasteiger partial charge in [0.05, 0.1) is 18.5 Å². The van der Waals surface area contributed by atoms with E-state index in [0.717, 1.165) is 35.5 Å². The molecule has 1 aliphatic heterocycles. The van der Waals surface area contributed by atoms with E-state index in [4.69, 9.17) is 4.74 Å². The standard InChI is InChI=1S/C19H25N5O3/c1-12(9-16-10-13(2)22-23-16)20-18(25)21-15-6-7-17-14(11-15)5-4-8-24(17)19(26)27-3/h6-7,10-12H,4-5,8-9H2,1-3H3,(H,22,23)(H2,20,21,25)/t12-/m1/s1. The van der Waals surface area contributed by atoms with Crippen LogP contribution in [0.4, 0.5) is 21.0 Å². The number of H-pyrrole nitrogens is 1. The molecule has 1 aromatic heterocycles. The van der Waals surface area contributed by atoms with E-state index in [0.29, 0.717) is 18.7 Å². The van der Waals surface area contributed by atoms with Gasteiger partial charge in [0, 0.05) is 30.4 Å². The Balaban J connectivity index is 1.60. The van der Waals surface area contributed by atoms with Crippen LogP contribution in [0.25, 0.3) is 0 Å². The largest absolute Gasteiger partial charge is 0.452 e. The number of amides is 3. The number of aromatic nitrogens is 2. The van der Waals surface area contributed by atoms with Gasteiger partial charge in [-0.1, -0.05) is 0 Å². The maximum Gasteiger partial charge on any atom is 0.414 e. The van der Waals surface area contributed by atoms with Crippen molar-refractivity contribution in [1.82, 2.24) is 15.5 Å². The molecule has 0 spiro atoms. The number of hydrogen-bond acceptors (Lipinski definition) is 4. The molecule has 1 aromatic carbocycles. The molecule has 3 N–H and O–H groups in total. The summed E-state index contributed by atoms with van der Waals surface area (Å²) in [4.78, 5) is 25.8. The molecule has 0 saturated carbocycles. The van der Waals surface area contributed by atoms with E-state index >= 15 is 0 Å². The van der Waals surface area contributed by atoms with Gasteiger partial charge in [-0.05, 0) is 56.5 Å². The zero-order valence-corrected chi connectivity index (χ0v) is 15.8. The van der Waals surface area contributed by atoms with Crippen LogP contribution in [0.5, 0.6) is 0 Å². The average molecular weight is 371 g/mol. The highest BCUT2D eigenvalue weighted by Crippen LogP contribution is 2.30. The van der Waals surface area contributed by atoms with Crippen LogP contribution in [0.15, 0.2) is 24.3 Å². The molecule has 2 heterocycles. The highest BCUT2D eigenvalue weighted by Gasteiger charge is 2.23. The Kier molecular flexibility index (Phi) is 5.63. The van der Waals surface area contributed by atoms with Gasteiger partial charge in [-0.25, -0.2) is 9.59 Å². The summed E-state index contributed by atoms with van der Waals surface area (Å²) in [5.74, 6) is 0. The molecule has 0 aliphatic carbocycles. The van der Waals surface area contributed by atoms with Crippen molar-refractivity contribution in [2.24, 2.45) is 0 Å². The molecule has 8 nitrogen and oxygen atoms in total. The zero-order chi connectivity index (χ0) is 19.4. The number of ether oxygens (including phenoxy) is 1. The Bertz CT molecular complexity index is 833. The number of fused-ring (bicyclic) bond motifs is 1. The van der Waals surface area contributed by atoms with Crippen LogP contribution in [0.2, 0.25) is 0 Å². The van der Waals surface area contributed by atoms with Gasteiger partial charge in [0.1, 0.15) is 0 Å². The van der Waals surface area contributed by atoms with Crippen molar-refractivity contribution >= 4 is 23.5 Å². The van der Waals surface area contributed by atoms with Gasteiger partial charge >= 0.3 is 12.1 Å². The first kappa shape index (κ1) is 18.8. The molecule has 144 valence electrons. The highest BCUT2D eigenvalue weighted by atomic mass is 16.5. The fourth-order valence-electron chi connectivity index (χ4n) is 3.31. The predicted octanol–water partition coefficient (Wildman–Crippen LogP) is 2.99. The van der Waals surface area contributed by atoms with Crippen LogP contribution in [0.3, 0.4) is 0 Å². The summed E-state index contributed by atoms with van der Waals surface area (Å²) in [6.45, 7) is 4.51. The van der Waals surface area contributed by atoms with E-state index < -0.39 is 0 Å². The van der Waals surface area contributed by atoms with Crippen molar-refractivity contribution in [2.75, 3.05) is 23.9 Å². The molecule has 3 rings (SSSR count). The van der Waals surface area contributed by atoms with E-state index in [1.807, 2.05) is 32.0 Å². The van der Waals surface area contributed by atoms with Gasteiger partial charge in [-0.15, -0.1) is 0 Å². The number of urea groups is 1. The number of benzene rings is 1. The Labute approximate surface area is 158 Å². The summed E-state index contributed by atoms with van der Waals surface area (Å²) in [5, 5.41) is 12.9. The SMILES string of the molecule is COC(=O)N1CCCc2cc(NC(=O)N[C@H](C)Cc3cc(C)[nH]n3)ccc21. The number of anilines is 2. The molecule has 0 unspecified atom stereocenters. The minimum Gasteiger partial charge on any atom is -0.452 e. The fraction of sp³-hybridized carbons (Fsp3) is 0.421. The second-order valence-electron chi connectivity index (χ2n) is 6.81. The fourth-order valence-corrected chi connectivity index (χ4v) is 3.31. The molecular weight excluding hydrogens is 346 g/mol. The number of aryl methyl sites for hydroxylation is 2. The van der Waals surface area contributed by atoms with E-state index in [1.54, 1.807) is 11.0 Å². The third-order valence-corrected chi connectivity index (χ3v) is 4.50. The molecule has 0 saturated heterocycles. The molecule has 1 aliphatic rings. The Morgan fingerprint density at radius 1 is 1.37 bits per heavy atom. The Hall–Kier alpha value is -3.03. The van der Waals surface area contributed by atoms with Gasteiger partial charge in [-0.3, -0.25) is 10.00 Å². The third kappa shape index (κ3) is 4.58. The topological polar surface area (TPSA) is 99.4 Å². The summed E-state index contributed by atoms with van der Waals surface area (Å²) in [5.41, 5.74) is 4.46. The molecule has 2 aromatic rings. The average Bonchev–Trinajstić information content (AvgIpc) is 3.04. The van der Waals surface area contributed by atoms with Crippen LogP contribution in [0, 0.1) is 6.92 Å². The van der Waals surface area contributed by atoms with Crippen molar-refractivity contribution < 1.29 is 14.3 Å². The first-order valence-electron chi connectivity index (χ1n) is 9.03. The number of aromatic amines is 1. The third-order valence-electron chi connectivity index (χ3n) is 4.50. The first-order valence-corrected chi connectivity index (χ1v) is 9.03. The molecule has 0 bridgehead atoms. The summed E-state index contributed by atoms with van der Waals surface area (Å²) in [7, 11) is 1.38. The van der Waals surface area contributed by atoms with Gasteiger partial charge in [-0.2, -0.15) is 5.10 Å². The van der Waals surface area contributed by atoms with E-state index in [1.165, 1.54) is 7.11 Å². The second kappa shape index (κ2) is 8.11. The van der Waals surface area contributed by atoms with Crippen LogP contribution >= 0.6 is 0 Å². The quantitative estimate of drug-likeness (QED) is 0.769. The zero-order valence-electron chi connectivity index (χ0n) is 15.8. The molecule has 27 heavy (non-hydrogen) atoms. The summed E-state index contributed by atoms with van der Waals surface area (Å²) >= 11 is 0. The molecule has 0 radical (unpaired) electrons. The lowest BCUT2D eigenvalue weighted by Gasteiger charge is -2.28. The lowest BCUT2D eigenvalue weighted by molar-refractivity contribution is 0.178. The second-order valence-corrected chi connectivity index (χ2v) is 6.81. The minimum atomic E-state index is -0.364. The predicted molar refractivity (Wildman–Crippen MR) is 103 cm³/mol. The molecule has 8 heteroatoms. The van der Waals surface area contributed by atoms with Gasteiger partial charge in [0.25, 0.3) is 0 Å². The summed E-state index contributed by atoms with van der Waals surface area (Å²) in [6, 6.07) is 7.19. The molecule has 0 fully saturated rings. The smallest absolute Gasteiger partial charge is 0.414 e. The maximum atomic E-state index is 12.3. The monoisotopic (exact) mass is 371 g/mol. The first-order chi connectivity index (χ1) is 13.0. The minimum absolute atomic E-state index is 0.0554. The summed E-state index contributed by atoms with van der Waals surface area (Å²) < 4.78 is 4.84. The molecular formula is C19H25N5O3. The van der Waals surface area contributed by atoms with Gasteiger partial charge < -0.3 is 15.4 Å². The van der Waals surface area contributed by atoms with Crippen LogP contribution in [0.1, 0.15) is 30.3 Å². The van der Waals surface area contributed by atoms with Gasteiger partial charge in [0.2, 0.25) is 0 Å². The highest BCUT2D eigenvalue weighted by molar-refractivity contribution is 5.92. The lowest BCUT2D eigenvalue weighted by atomic mass is 10.0. The number of methoxy groups -OCH3 is 1. The van der Waals surface area contributed by atoms with Crippen molar-refractivity contribution in [1.29, 1.82) is 0 Å². The summed E-state index contributed by atoms with van der Waals surface area (Å²) in [6.07, 6.45) is 2.00. The van der Waals surface area contributed by atoms with Gasteiger partial charge in [0.15, 0.2) is 0 Å². The number of nitrogens with one attached hydrogen (secondary N) is 3. The van der Waals surface area contributed by atoms with Crippen molar-refractivity contribution in [3.8, 4) is 0 Å². The number of carbonyl (C=O) groups excluding carboxylic acids is 2. The number of rotatable bonds is 4. The molecule has 1 atom stereocenters. The van der Waals surface area contributed by atoms with Crippen molar-refractivity contribution in [3.05, 3.63) is 41.2 Å². The number of carbonyl (C=O) groups is 2. The van der Waals surface area contributed by atoms with Crippen LogP contribution in [-0.2, 0) is 17.6 Å². The Morgan fingerprint density at radius 3 is 2.89 bits per heavy atom. The van der Waals surface area contributed by atoms with E-state index in [9.17, 15) is 9.59 Å². The maximum absolute atomic E-state index is 12.3. The van der Waals surface area contributed by atoms with Crippen LogP contribution in [-0.4, -0.2) is 42.0 Å². The Morgan fingerprint density at radius 2 is 2.19 bits per heavy atom. The number of nitrogens with zero attached hydrogens (tertiary/aromatic N) is 2. The van der Waals surface area contributed by atoms with Crippen LogP contribution < -0.4 is 15.5 Å². The number of hydrogen-bond donors (Lipinski definition) is 3. The van der Waals surface area contributed by atoms with E-state index in [2.05, 4.69) is 20.8 Å². The normalized spacial score (nSPS) is 14.3.